The lowest BCUT2D eigenvalue weighted by atomic mass is 9.93. The summed E-state index contributed by atoms with van der Waals surface area (Å²) < 4.78 is 6.23. The zero-order chi connectivity index (χ0) is 21.0. The molecule has 0 aromatic heterocycles. The Balaban J connectivity index is 1.81. The van der Waals surface area contributed by atoms with Crippen LogP contribution >= 0.6 is 0 Å². The zero-order valence-corrected chi connectivity index (χ0v) is 16.6. The molecule has 0 atom stereocenters. The Morgan fingerprint density at radius 2 is 1.73 bits per heavy atom. The van der Waals surface area contributed by atoms with Crippen LogP contribution in [0, 0.1) is 5.92 Å². The number of aliphatic imine (C=N–C) groups is 1. The fourth-order valence-corrected chi connectivity index (χ4v) is 4.34. The van der Waals surface area contributed by atoms with Gasteiger partial charge in [0.2, 0.25) is 0 Å². The summed E-state index contributed by atoms with van der Waals surface area (Å²) in [5, 5.41) is 11.5. The number of benzene rings is 3. The van der Waals surface area contributed by atoms with Gasteiger partial charge in [-0.3, -0.25) is 4.79 Å². The third-order valence-corrected chi connectivity index (χ3v) is 5.46. The number of hydrogen-bond donors (Lipinski definition) is 1. The topological polar surface area (TPSA) is 76.0 Å². The smallest absolute Gasteiger partial charge is 0.342 e. The van der Waals surface area contributed by atoms with Crippen molar-refractivity contribution in [3.8, 4) is 11.5 Å². The van der Waals surface area contributed by atoms with Gasteiger partial charge in [-0.1, -0.05) is 44.2 Å². The van der Waals surface area contributed by atoms with Gasteiger partial charge in [-0.25, -0.2) is 9.79 Å². The first kappa shape index (κ1) is 18.3. The van der Waals surface area contributed by atoms with Crippen molar-refractivity contribution in [2.24, 2.45) is 10.9 Å². The van der Waals surface area contributed by atoms with Crippen molar-refractivity contribution in [3.63, 3.8) is 0 Å². The molecule has 1 aliphatic heterocycles. The predicted molar refractivity (Wildman–Crippen MR) is 115 cm³/mol. The molecule has 0 unspecified atom stereocenters. The van der Waals surface area contributed by atoms with Crippen molar-refractivity contribution in [2.45, 2.75) is 20.3 Å². The van der Waals surface area contributed by atoms with Gasteiger partial charge in [0, 0.05) is 21.9 Å². The monoisotopic (exact) mass is 397 g/mol. The van der Waals surface area contributed by atoms with E-state index in [0.29, 0.717) is 23.0 Å². The van der Waals surface area contributed by atoms with E-state index >= 15 is 0 Å². The Hall–Kier alpha value is -3.73. The van der Waals surface area contributed by atoms with Gasteiger partial charge in [-0.2, -0.15) is 0 Å². The maximum Gasteiger partial charge on any atom is 0.342 e. The lowest BCUT2D eigenvalue weighted by molar-refractivity contribution is -0.134. The van der Waals surface area contributed by atoms with Gasteiger partial charge in [0.1, 0.15) is 17.1 Å². The number of rotatable bonds is 5. The largest absolute Gasteiger partial charge is 0.477 e. The molecule has 1 heterocycles. The van der Waals surface area contributed by atoms with E-state index in [4.69, 9.17) is 4.74 Å². The number of hydrogen-bond acceptors (Lipinski definition) is 3. The van der Waals surface area contributed by atoms with Crippen LogP contribution in [0.1, 0.15) is 30.5 Å². The number of allylic oxidation sites excluding steroid dienone is 1. The minimum absolute atomic E-state index is 0.260. The van der Waals surface area contributed by atoms with Crippen LogP contribution < -0.4 is 4.74 Å². The number of fused-ring (bicyclic) bond motifs is 3. The summed E-state index contributed by atoms with van der Waals surface area (Å²) >= 11 is 0. The molecule has 5 rings (SSSR count). The second-order valence-electron chi connectivity index (χ2n) is 7.97. The Morgan fingerprint density at radius 3 is 2.43 bits per heavy atom. The second kappa shape index (κ2) is 6.66. The number of nitrogens with zero attached hydrogens (tertiary/aromatic N) is 1. The average molecular weight is 397 g/mol. The van der Waals surface area contributed by atoms with E-state index in [1.54, 1.807) is 0 Å². The number of carbonyl (C=O) groups is 2. The molecule has 148 valence electrons. The summed E-state index contributed by atoms with van der Waals surface area (Å²) in [5.74, 6) is -0.0733. The van der Waals surface area contributed by atoms with Crippen LogP contribution in [-0.4, -0.2) is 22.7 Å². The van der Waals surface area contributed by atoms with Crippen molar-refractivity contribution >= 4 is 33.9 Å². The number of amides is 1. The van der Waals surface area contributed by atoms with E-state index in [1.165, 1.54) is 0 Å². The third-order valence-electron chi connectivity index (χ3n) is 5.46. The van der Waals surface area contributed by atoms with Gasteiger partial charge < -0.3 is 9.84 Å². The maximum atomic E-state index is 12.2. The average Bonchev–Trinajstić information content (AvgIpc) is 3.19. The molecule has 1 amide bonds. The van der Waals surface area contributed by atoms with E-state index < -0.39 is 11.9 Å². The Bertz CT molecular complexity index is 1300. The van der Waals surface area contributed by atoms with Gasteiger partial charge in [0.25, 0.3) is 5.91 Å². The molecular weight excluding hydrogens is 378 g/mol. The summed E-state index contributed by atoms with van der Waals surface area (Å²) in [6.45, 7) is 4.31. The summed E-state index contributed by atoms with van der Waals surface area (Å²) in [7, 11) is 0. The number of aliphatic carboxylic acids is 1. The minimum Gasteiger partial charge on any atom is -0.477 e. The maximum absolute atomic E-state index is 12.2. The SMILES string of the molecule is CC(C)Cc1ccc2c3c(ccc(Oc4ccccc4)c13)C1=C(C(=O)O)C(=O)N=C12. The molecule has 30 heavy (non-hydrogen) atoms. The van der Waals surface area contributed by atoms with Crippen molar-refractivity contribution in [1.29, 1.82) is 0 Å². The molecule has 3 aromatic carbocycles. The highest BCUT2D eigenvalue weighted by Gasteiger charge is 2.39. The molecular formula is C25H19NO4. The summed E-state index contributed by atoms with van der Waals surface area (Å²) in [4.78, 5) is 28.1. The van der Waals surface area contributed by atoms with Crippen LogP contribution in [0.25, 0.3) is 16.3 Å². The van der Waals surface area contributed by atoms with E-state index in [1.807, 2.05) is 54.6 Å². The number of ether oxygens (including phenoxy) is 1. The van der Waals surface area contributed by atoms with Gasteiger partial charge >= 0.3 is 5.97 Å². The molecule has 0 saturated carbocycles. The minimum atomic E-state index is -1.25. The van der Waals surface area contributed by atoms with E-state index in [0.717, 1.165) is 39.6 Å². The van der Waals surface area contributed by atoms with Crippen LogP contribution in [0.2, 0.25) is 0 Å². The first-order valence-electron chi connectivity index (χ1n) is 9.89. The highest BCUT2D eigenvalue weighted by molar-refractivity contribution is 6.53. The van der Waals surface area contributed by atoms with Crippen LogP contribution in [0.15, 0.2) is 65.2 Å². The molecule has 0 fully saturated rings. The van der Waals surface area contributed by atoms with Crippen molar-refractivity contribution in [1.82, 2.24) is 0 Å². The molecule has 0 spiro atoms. The number of para-hydroxylation sites is 1. The molecule has 1 N–H and O–H groups in total. The van der Waals surface area contributed by atoms with Gasteiger partial charge in [-0.05, 0) is 47.7 Å². The molecule has 0 radical (unpaired) electrons. The van der Waals surface area contributed by atoms with E-state index in [9.17, 15) is 14.7 Å². The molecule has 0 saturated heterocycles. The molecule has 5 heteroatoms. The van der Waals surface area contributed by atoms with Gasteiger partial charge in [0.05, 0.1) is 5.71 Å². The van der Waals surface area contributed by atoms with Crippen LogP contribution in [0.3, 0.4) is 0 Å². The quantitative estimate of drug-likeness (QED) is 0.614. The zero-order valence-electron chi connectivity index (χ0n) is 16.6. The fraction of sp³-hybridized carbons (Fsp3) is 0.160. The standard InChI is InChI=1S/C25H19NO4/c1-13(2)12-14-8-9-17-20-16(21-22(25(28)29)24(27)26-23(17)21)10-11-18(19(14)20)30-15-6-4-3-5-7-15/h3-11,13H,12H2,1-2H3,(H,28,29). The first-order valence-corrected chi connectivity index (χ1v) is 9.89. The van der Waals surface area contributed by atoms with E-state index in [2.05, 4.69) is 18.8 Å². The van der Waals surface area contributed by atoms with Crippen LogP contribution in [0.4, 0.5) is 0 Å². The van der Waals surface area contributed by atoms with Crippen LogP contribution in [-0.2, 0) is 16.0 Å². The molecule has 0 bridgehead atoms. The summed E-state index contributed by atoms with van der Waals surface area (Å²) in [6.07, 6.45) is 0.849. The highest BCUT2D eigenvalue weighted by atomic mass is 16.5. The molecule has 3 aromatic rings. The van der Waals surface area contributed by atoms with Crippen molar-refractivity contribution in [2.75, 3.05) is 0 Å². The number of carboxylic acid groups (broad SMARTS) is 1. The highest BCUT2D eigenvalue weighted by Crippen LogP contribution is 2.47. The van der Waals surface area contributed by atoms with Gasteiger partial charge in [-0.15, -0.1) is 0 Å². The second-order valence-corrected chi connectivity index (χ2v) is 7.97. The summed E-state index contributed by atoms with van der Waals surface area (Å²) in [6, 6.07) is 17.2. The number of carbonyl (C=O) groups excluding carboxylic acids is 1. The van der Waals surface area contributed by atoms with E-state index in [-0.39, 0.29) is 5.57 Å². The lowest BCUT2D eigenvalue weighted by Gasteiger charge is -2.16. The Labute approximate surface area is 173 Å². The van der Waals surface area contributed by atoms with Crippen molar-refractivity contribution < 1.29 is 19.4 Å². The Kier molecular flexibility index (Phi) is 4.07. The lowest BCUT2D eigenvalue weighted by Crippen LogP contribution is -2.08. The van der Waals surface area contributed by atoms with Gasteiger partial charge in [0.15, 0.2) is 0 Å². The normalized spacial score (nSPS) is 14.5. The first-order chi connectivity index (χ1) is 14.5. The molecule has 1 aliphatic carbocycles. The summed E-state index contributed by atoms with van der Waals surface area (Å²) in [5.41, 5.74) is 3.25. The van der Waals surface area contributed by atoms with Crippen LogP contribution in [0.5, 0.6) is 11.5 Å². The number of carboxylic acids is 1. The van der Waals surface area contributed by atoms with Crippen molar-refractivity contribution in [3.05, 3.63) is 76.9 Å². The third kappa shape index (κ3) is 2.66. The fourth-order valence-electron chi connectivity index (χ4n) is 4.34. The molecule has 2 aliphatic rings. The molecule has 5 nitrogen and oxygen atoms in total. The Morgan fingerprint density at radius 1 is 1.00 bits per heavy atom. The predicted octanol–water partition coefficient (Wildman–Crippen LogP) is 5.01.